The summed E-state index contributed by atoms with van der Waals surface area (Å²) >= 11 is 0. The van der Waals surface area contributed by atoms with Crippen molar-refractivity contribution in [1.29, 1.82) is 0 Å². The van der Waals surface area contributed by atoms with Crippen molar-refractivity contribution in [3.8, 4) is 0 Å². The van der Waals surface area contributed by atoms with E-state index in [0.29, 0.717) is 0 Å². The topological polar surface area (TPSA) is 137 Å². The Morgan fingerprint density at radius 1 is 1.39 bits per heavy atom. The molecule has 8 heteroatoms. The lowest BCUT2D eigenvalue weighted by Gasteiger charge is -2.43. The third kappa shape index (κ3) is 2.69. The van der Waals surface area contributed by atoms with E-state index in [4.69, 9.17) is 9.84 Å². The fourth-order valence-corrected chi connectivity index (χ4v) is 1.43. The summed E-state index contributed by atoms with van der Waals surface area (Å²) in [6, 6.07) is 0. The maximum atomic E-state index is 11.3. The summed E-state index contributed by atoms with van der Waals surface area (Å²) in [7, 11) is 0. The molecule has 8 nitrogen and oxygen atoms in total. The largest absolute Gasteiger partial charge is 0.402 e. The van der Waals surface area contributed by atoms with Crippen molar-refractivity contribution in [2.75, 3.05) is 6.61 Å². The maximum absolute atomic E-state index is 11.3. The highest BCUT2D eigenvalue weighted by molar-refractivity contribution is 5.87. The van der Waals surface area contributed by atoms with Crippen LogP contribution >= 0.6 is 0 Å². The van der Waals surface area contributed by atoms with Gasteiger partial charge >= 0.3 is 11.9 Å². The van der Waals surface area contributed by atoms with Crippen molar-refractivity contribution in [3.05, 3.63) is 12.2 Å². The zero-order chi connectivity index (χ0) is 14.1. The van der Waals surface area contributed by atoms with E-state index in [2.05, 4.69) is 11.3 Å². The van der Waals surface area contributed by atoms with E-state index in [9.17, 15) is 25.2 Å². The van der Waals surface area contributed by atoms with E-state index in [1.165, 1.54) is 6.92 Å². The number of esters is 1. The Labute approximate surface area is 103 Å². The van der Waals surface area contributed by atoms with E-state index in [-0.39, 0.29) is 5.57 Å². The van der Waals surface area contributed by atoms with Crippen LogP contribution in [-0.2, 0) is 14.3 Å². The van der Waals surface area contributed by atoms with Crippen molar-refractivity contribution >= 4 is 5.97 Å². The fraction of sp³-hybridized carbons (Fsp3) is 0.700. The first-order valence-corrected chi connectivity index (χ1v) is 5.17. The molecule has 0 unspecified atom stereocenters. The summed E-state index contributed by atoms with van der Waals surface area (Å²) < 4.78 is 9.17. The van der Waals surface area contributed by atoms with Crippen LogP contribution in [0, 0.1) is 0 Å². The van der Waals surface area contributed by atoms with Crippen molar-refractivity contribution in [3.63, 3.8) is 0 Å². The summed E-state index contributed by atoms with van der Waals surface area (Å²) in [6.07, 6.45) is -6.97. The van der Waals surface area contributed by atoms with Crippen molar-refractivity contribution in [1.82, 2.24) is 0 Å². The summed E-state index contributed by atoms with van der Waals surface area (Å²) in [5.41, 5.74) is -0.0691. The van der Waals surface area contributed by atoms with Gasteiger partial charge < -0.3 is 35.0 Å². The molecular weight excluding hydrogens is 248 g/mol. The quantitative estimate of drug-likeness (QED) is 0.210. The minimum absolute atomic E-state index is 0.0691. The van der Waals surface area contributed by atoms with Crippen molar-refractivity contribution < 1.29 is 39.8 Å². The molecule has 1 aliphatic rings. The number of aliphatic hydroxyl groups is 5. The van der Waals surface area contributed by atoms with Gasteiger partial charge in [-0.15, -0.1) is 0 Å². The highest BCUT2D eigenvalue weighted by Crippen LogP contribution is 2.29. The minimum Gasteiger partial charge on any atom is -0.402 e. The lowest BCUT2D eigenvalue weighted by atomic mass is 9.98. The number of aliphatic hydroxyl groups excluding tert-OH is 4. The second-order valence-electron chi connectivity index (χ2n) is 4.07. The molecule has 0 bridgehead atoms. The van der Waals surface area contributed by atoms with Gasteiger partial charge in [-0.3, -0.25) is 0 Å². The molecule has 0 radical (unpaired) electrons. The summed E-state index contributed by atoms with van der Waals surface area (Å²) in [4.78, 5) is 11.3. The second-order valence-corrected chi connectivity index (χ2v) is 4.07. The van der Waals surface area contributed by atoms with Gasteiger partial charge in [0.15, 0.2) is 6.10 Å². The molecule has 1 rings (SSSR count). The first-order chi connectivity index (χ1) is 8.23. The predicted octanol–water partition coefficient (Wildman–Crippen LogP) is -2.77. The third-order valence-electron chi connectivity index (χ3n) is 2.52. The van der Waals surface area contributed by atoms with Gasteiger partial charge in [-0.2, -0.15) is 0 Å². The lowest BCUT2D eigenvalue weighted by molar-refractivity contribution is -0.433. The predicted molar refractivity (Wildman–Crippen MR) is 55.8 cm³/mol. The zero-order valence-electron chi connectivity index (χ0n) is 9.68. The van der Waals surface area contributed by atoms with Crippen LogP contribution in [0.5, 0.6) is 0 Å². The number of carbonyl (C=O) groups excluding carboxylic acids is 1. The molecule has 0 saturated carbocycles. The Morgan fingerprint density at radius 2 is 1.94 bits per heavy atom. The molecule has 0 aromatic rings. The molecule has 0 aromatic carbocycles. The highest BCUT2D eigenvalue weighted by Gasteiger charge is 2.55. The van der Waals surface area contributed by atoms with E-state index in [1.54, 1.807) is 0 Å². The summed E-state index contributed by atoms with van der Waals surface area (Å²) in [5.74, 6) is -3.92. The Hall–Kier alpha value is -1.03. The van der Waals surface area contributed by atoms with Gasteiger partial charge in [0.1, 0.15) is 18.3 Å². The van der Waals surface area contributed by atoms with Crippen LogP contribution in [0.15, 0.2) is 12.2 Å². The lowest BCUT2D eigenvalue weighted by Crippen LogP contribution is -2.66. The van der Waals surface area contributed by atoms with Crippen molar-refractivity contribution in [2.24, 2.45) is 0 Å². The van der Waals surface area contributed by atoms with Crippen LogP contribution in [0.3, 0.4) is 0 Å². The number of ether oxygens (including phenoxy) is 2. The van der Waals surface area contributed by atoms with Crippen LogP contribution in [0.2, 0.25) is 0 Å². The van der Waals surface area contributed by atoms with Crippen LogP contribution in [0.4, 0.5) is 0 Å². The van der Waals surface area contributed by atoms with Gasteiger partial charge in [0.05, 0.1) is 6.61 Å². The zero-order valence-corrected chi connectivity index (χ0v) is 9.68. The molecule has 1 saturated heterocycles. The third-order valence-corrected chi connectivity index (χ3v) is 2.52. The fourth-order valence-electron chi connectivity index (χ4n) is 1.43. The van der Waals surface area contributed by atoms with E-state index in [1.807, 2.05) is 0 Å². The second kappa shape index (κ2) is 5.31. The Balaban J connectivity index is 2.91. The molecule has 5 N–H and O–H groups in total. The average Bonchev–Trinajstić information content (AvgIpc) is 2.31. The molecule has 104 valence electrons. The van der Waals surface area contributed by atoms with Crippen LogP contribution in [0.25, 0.3) is 0 Å². The Morgan fingerprint density at radius 3 is 2.39 bits per heavy atom. The monoisotopic (exact) mass is 264 g/mol. The van der Waals surface area contributed by atoms with E-state index >= 15 is 0 Å². The molecule has 0 spiro atoms. The SMILES string of the molecule is C=C(C)C(=O)O[C@@]1(O)O[C@H](CO)[C@@H](O)[C@H](O)[C@@H]1O. The van der Waals surface area contributed by atoms with Gasteiger partial charge in [-0.05, 0) is 6.92 Å². The van der Waals surface area contributed by atoms with E-state index < -0.39 is 43.0 Å². The van der Waals surface area contributed by atoms with Gasteiger partial charge in [-0.1, -0.05) is 6.58 Å². The van der Waals surface area contributed by atoms with Gasteiger partial charge in [0.25, 0.3) is 0 Å². The number of hydrogen-bond acceptors (Lipinski definition) is 8. The number of hydrogen-bond donors (Lipinski definition) is 5. The molecule has 1 aliphatic heterocycles. The van der Waals surface area contributed by atoms with Gasteiger partial charge in [0, 0.05) is 5.57 Å². The molecule has 0 aliphatic carbocycles. The van der Waals surface area contributed by atoms with Crippen LogP contribution in [0.1, 0.15) is 6.92 Å². The summed E-state index contributed by atoms with van der Waals surface area (Å²) in [5, 5.41) is 47.1. The Bertz CT molecular complexity index is 341. The molecule has 5 atom stereocenters. The van der Waals surface area contributed by atoms with E-state index in [0.717, 1.165) is 0 Å². The molecule has 1 fully saturated rings. The molecule has 18 heavy (non-hydrogen) atoms. The first-order valence-electron chi connectivity index (χ1n) is 5.17. The molecule has 0 amide bonds. The molecule has 1 heterocycles. The van der Waals surface area contributed by atoms with Crippen LogP contribution < -0.4 is 0 Å². The van der Waals surface area contributed by atoms with Gasteiger partial charge in [0.2, 0.25) is 0 Å². The normalized spacial score (nSPS) is 40.3. The van der Waals surface area contributed by atoms with Crippen LogP contribution in [-0.4, -0.2) is 68.5 Å². The highest BCUT2D eigenvalue weighted by atomic mass is 16.8. The molecule has 0 aromatic heterocycles. The average molecular weight is 264 g/mol. The summed E-state index contributed by atoms with van der Waals surface area (Å²) in [6.45, 7) is 3.81. The number of rotatable bonds is 3. The molecular formula is C10H16O8. The maximum Gasteiger partial charge on any atom is 0.357 e. The number of carbonyl (C=O) groups is 1. The smallest absolute Gasteiger partial charge is 0.357 e. The minimum atomic E-state index is -2.86. The van der Waals surface area contributed by atoms with Gasteiger partial charge in [-0.25, -0.2) is 4.79 Å². The Kier molecular flexibility index (Phi) is 4.43. The van der Waals surface area contributed by atoms with Crippen molar-refractivity contribution in [2.45, 2.75) is 37.3 Å². The standard InChI is InChI=1S/C10H16O8/c1-4(2)9(15)18-10(16)8(14)7(13)6(12)5(3-11)17-10/h5-8,11-14,16H,1,3H2,2H3/t5-,6-,7+,8+,10+/m1/s1. The first kappa shape index (κ1) is 15.0.